The van der Waals surface area contributed by atoms with Crippen LogP contribution in [0.2, 0.25) is 0 Å². The molecule has 1 aromatic carbocycles. The molecule has 0 aliphatic heterocycles. The van der Waals surface area contributed by atoms with Crippen molar-refractivity contribution in [1.29, 1.82) is 5.26 Å². The van der Waals surface area contributed by atoms with Crippen molar-refractivity contribution in [1.82, 2.24) is 4.57 Å². The number of nitriles is 1. The van der Waals surface area contributed by atoms with Gasteiger partial charge < -0.3 is 15.0 Å². The molecule has 0 aliphatic rings. The Morgan fingerprint density at radius 3 is 2.76 bits per heavy atom. The number of carbonyl (C=O) groups excluding carboxylic acids is 1. The lowest BCUT2D eigenvalue weighted by Crippen LogP contribution is -2.11. The lowest BCUT2D eigenvalue weighted by Gasteiger charge is -2.11. The van der Waals surface area contributed by atoms with Crippen LogP contribution in [0.5, 0.6) is 0 Å². The van der Waals surface area contributed by atoms with Gasteiger partial charge in [0.2, 0.25) is 0 Å². The summed E-state index contributed by atoms with van der Waals surface area (Å²) in [5.41, 5.74) is 8.27. The summed E-state index contributed by atoms with van der Waals surface area (Å²) in [7, 11) is 1.28. The van der Waals surface area contributed by atoms with E-state index in [9.17, 15) is 4.79 Å². The molecular weight excluding hydrogens is 334 g/mol. The standard InChI is InChI=1S/C15H14BrN3O2/c1-3-9-4-5-12(11(16)6-9)19-8-10(7-17)13(18)14(19)15(20)21-2/h4-6,8H,3,18H2,1-2H3. The highest BCUT2D eigenvalue weighted by atomic mass is 79.9. The van der Waals surface area contributed by atoms with Crippen molar-refractivity contribution in [2.75, 3.05) is 12.8 Å². The third kappa shape index (κ3) is 2.65. The van der Waals surface area contributed by atoms with Gasteiger partial charge in [0.25, 0.3) is 0 Å². The minimum atomic E-state index is -0.583. The maximum Gasteiger partial charge on any atom is 0.357 e. The van der Waals surface area contributed by atoms with Gasteiger partial charge in [0.15, 0.2) is 5.69 Å². The minimum absolute atomic E-state index is 0.121. The average Bonchev–Trinajstić information content (AvgIpc) is 2.82. The second kappa shape index (κ2) is 6.02. The van der Waals surface area contributed by atoms with E-state index in [1.165, 1.54) is 13.3 Å². The van der Waals surface area contributed by atoms with Crippen LogP contribution in [0.3, 0.4) is 0 Å². The number of rotatable bonds is 3. The molecule has 108 valence electrons. The first-order valence-electron chi connectivity index (χ1n) is 6.31. The summed E-state index contributed by atoms with van der Waals surface area (Å²) in [4.78, 5) is 11.9. The van der Waals surface area contributed by atoms with E-state index >= 15 is 0 Å². The molecule has 0 spiro atoms. The minimum Gasteiger partial charge on any atom is -0.464 e. The number of carbonyl (C=O) groups is 1. The lowest BCUT2D eigenvalue weighted by molar-refractivity contribution is 0.0593. The molecule has 0 saturated heterocycles. The Balaban J connectivity index is 2.69. The van der Waals surface area contributed by atoms with E-state index in [1.807, 2.05) is 24.3 Å². The van der Waals surface area contributed by atoms with Crippen LogP contribution in [0.25, 0.3) is 5.69 Å². The molecule has 0 radical (unpaired) electrons. The third-order valence-electron chi connectivity index (χ3n) is 3.22. The zero-order chi connectivity index (χ0) is 15.6. The van der Waals surface area contributed by atoms with Crippen LogP contribution in [-0.2, 0) is 11.2 Å². The topological polar surface area (TPSA) is 81.0 Å². The van der Waals surface area contributed by atoms with E-state index in [2.05, 4.69) is 22.9 Å². The fourth-order valence-electron chi connectivity index (χ4n) is 2.07. The van der Waals surface area contributed by atoms with Crippen LogP contribution in [0.4, 0.5) is 5.69 Å². The molecule has 0 bridgehead atoms. The molecule has 0 fully saturated rings. The van der Waals surface area contributed by atoms with Gasteiger partial charge in [-0.1, -0.05) is 13.0 Å². The van der Waals surface area contributed by atoms with Gasteiger partial charge in [-0.3, -0.25) is 0 Å². The van der Waals surface area contributed by atoms with Crippen molar-refractivity contribution in [2.24, 2.45) is 0 Å². The van der Waals surface area contributed by atoms with Crippen molar-refractivity contribution in [3.8, 4) is 11.8 Å². The first-order chi connectivity index (χ1) is 10.0. The summed E-state index contributed by atoms with van der Waals surface area (Å²) in [6.45, 7) is 2.06. The number of nitrogens with two attached hydrogens (primary N) is 1. The van der Waals surface area contributed by atoms with Crippen molar-refractivity contribution in [3.63, 3.8) is 0 Å². The largest absolute Gasteiger partial charge is 0.464 e. The molecule has 1 aromatic heterocycles. The van der Waals surface area contributed by atoms with Crippen LogP contribution in [0.1, 0.15) is 28.5 Å². The molecule has 0 amide bonds. The highest BCUT2D eigenvalue weighted by molar-refractivity contribution is 9.10. The number of halogens is 1. The van der Waals surface area contributed by atoms with E-state index in [1.54, 1.807) is 4.57 Å². The van der Waals surface area contributed by atoms with Gasteiger partial charge in [0, 0.05) is 10.7 Å². The zero-order valence-electron chi connectivity index (χ0n) is 11.7. The molecule has 0 aliphatic carbocycles. The van der Waals surface area contributed by atoms with Gasteiger partial charge in [0.05, 0.1) is 24.0 Å². The van der Waals surface area contributed by atoms with Crippen molar-refractivity contribution < 1.29 is 9.53 Å². The number of anilines is 1. The molecule has 6 heteroatoms. The fraction of sp³-hybridized carbons (Fsp3) is 0.200. The maximum absolute atomic E-state index is 11.9. The van der Waals surface area contributed by atoms with Crippen molar-refractivity contribution in [2.45, 2.75) is 13.3 Å². The first kappa shape index (κ1) is 15.1. The van der Waals surface area contributed by atoms with E-state index in [4.69, 9.17) is 15.7 Å². The number of benzene rings is 1. The number of aromatic nitrogens is 1. The summed E-state index contributed by atoms with van der Waals surface area (Å²) in [5, 5.41) is 9.10. The number of methoxy groups -OCH3 is 1. The van der Waals surface area contributed by atoms with Crippen LogP contribution < -0.4 is 5.73 Å². The molecule has 21 heavy (non-hydrogen) atoms. The molecule has 2 N–H and O–H groups in total. The normalized spacial score (nSPS) is 10.2. The zero-order valence-corrected chi connectivity index (χ0v) is 13.3. The monoisotopic (exact) mass is 347 g/mol. The number of esters is 1. The lowest BCUT2D eigenvalue weighted by atomic mass is 10.1. The van der Waals surface area contributed by atoms with Crippen molar-refractivity contribution >= 4 is 27.6 Å². The predicted molar refractivity (Wildman–Crippen MR) is 83.3 cm³/mol. The molecular formula is C15H14BrN3O2. The van der Waals surface area contributed by atoms with E-state index in [-0.39, 0.29) is 16.9 Å². The summed E-state index contributed by atoms with van der Waals surface area (Å²) in [5.74, 6) is -0.583. The summed E-state index contributed by atoms with van der Waals surface area (Å²) >= 11 is 3.49. The van der Waals surface area contributed by atoms with Crippen LogP contribution in [0.15, 0.2) is 28.9 Å². The summed E-state index contributed by atoms with van der Waals surface area (Å²) < 4.78 is 7.14. The first-order valence-corrected chi connectivity index (χ1v) is 7.10. The number of ether oxygens (including phenoxy) is 1. The number of hydrogen-bond acceptors (Lipinski definition) is 4. The molecule has 0 unspecified atom stereocenters. The third-order valence-corrected chi connectivity index (χ3v) is 3.86. The molecule has 1 heterocycles. The smallest absolute Gasteiger partial charge is 0.357 e. The maximum atomic E-state index is 11.9. The molecule has 2 rings (SSSR count). The molecule has 0 saturated carbocycles. The van der Waals surface area contributed by atoms with Gasteiger partial charge in [-0.15, -0.1) is 0 Å². The Bertz CT molecular complexity index is 744. The van der Waals surface area contributed by atoms with Crippen LogP contribution >= 0.6 is 15.9 Å². The van der Waals surface area contributed by atoms with Gasteiger partial charge in [0.1, 0.15) is 6.07 Å². The molecule has 2 aromatic rings. The summed E-state index contributed by atoms with van der Waals surface area (Å²) in [6, 6.07) is 7.78. The van der Waals surface area contributed by atoms with Crippen LogP contribution in [0, 0.1) is 11.3 Å². The summed E-state index contributed by atoms with van der Waals surface area (Å²) in [6.07, 6.45) is 2.44. The van der Waals surface area contributed by atoms with E-state index in [0.29, 0.717) is 0 Å². The second-order valence-corrected chi connectivity index (χ2v) is 5.27. The Morgan fingerprint density at radius 1 is 1.52 bits per heavy atom. The number of nitrogens with zero attached hydrogens (tertiary/aromatic N) is 2. The highest BCUT2D eigenvalue weighted by Gasteiger charge is 2.22. The number of hydrogen-bond donors (Lipinski definition) is 1. The Kier molecular flexibility index (Phi) is 4.34. The number of aryl methyl sites for hydroxylation is 1. The molecule has 5 nitrogen and oxygen atoms in total. The fourth-order valence-corrected chi connectivity index (χ4v) is 2.69. The Hall–Kier alpha value is -2.26. The Labute approximate surface area is 131 Å². The van der Waals surface area contributed by atoms with Gasteiger partial charge >= 0.3 is 5.97 Å². The second-order valence-electron chi connectivity index (χ2n) is 4.42. The highest BCUT2D eigenvalue weighted by Crippen LogP contribution is 2.29. The SMILES string of the molecule is CCc1ccc(-n2cc(C#N)c(N)c2C(=O)OC)c(Br)c1. The van der Waals surface area contributed by atoms with Gasteiger partial charge in [-0.05, 0) is 40.0 Å². The van der Waals surface area contributed by atoms with E-state index < -0.39 is 5.97 Å². The van der Waals surface area contributed by atoms with Crippen LogP contribution in [-0.4, -0.2) is 17.6 Å². The average molecular weight is 348 g/mol. The van der Waals surface area contributed by atoms with Gasteiger partial charge in [-0.25, -0.2) is 4.79 Å². The predicted octanol–water partition coefficient (Wildman–Crippen LogP) is 3.04. The quantitative estimate of drug-likeness (QED) is 0.865. The van der Waals surface area contributed by atoms with Crippen molar-refractivity contribution in [3.05, 3.63) is 45.7 Å². The van der Waals surface area contributed by atoms with Gasteiger partial charge in [-0.2, -0.15) is 5.26 Å². The van der Waals surface area contributed by atoms with E-state index in [0.717, 1.165) is 22.1 Å². The number of nitrogen functional groups attached to an aromatic ring is 1. The molecule has 0 atom stereocenters. The Morgan fingerprint density at radius 2 is 2.24 bits per heavy atom.